The number of benzene rings is 7. The zero-order valence-corrected chi connectivity index (χ0v) is 27.6. The van der Waals surface area contributed by atoms with Gasteiger partial charge in [0.05, 0.1) is 23.3 Å². The van der Waals surface area contributed by atoms with Crippen LogP contribution in [0.3, 0.4) is 0 Å². The van der Waals surface area contributed by atoms with E-state index in [-0.39, 0.29) is 0 Å². The molecule has 51 heavy (non-hydrogen) atoms. The largest absolute Gasteiger partial charge is 0.456 e. The zero-order chi connectivity index (χ0) is 34.3. The number of rotatable bonds is 6. The fraction of sp³-hybridized carbons (Fsp3) is 0.0435. The zero-order valence-electron chi connectivity index (χ0n) is 27.6. The van der Waals surface area contributed by atoms with E-state index in [1.54, 1.807) is 0 Å². The summed E-state index contributed by atoms with van der Waals surface area (Å²) < 4.78 is 6.59. The van der Waals surface area contributed by atoms with Gasteiger partial charge >= 0.3 is 0 Å². The van der Waals surface area contributed by atoms with Gasteiger partial charge in [-0.2, -0.15) is 10.5 Å². The van der Waals surface area contributed by atoms with Gasteiger partial charge in [0.25, 0.3) is 0 Å². The highest BCUT2D eigenvalue weighted by molar-refractivity contribution is 6.11. The third-order valence-electron chi connectivity index (χ3n) is 9.73. The monoisotopic (exact) mass is 654 g/mol. The van der Waals surface area contributed by atoms with Crippen LogP contribution >= 0.6 is 0 Å². The van der Waals surface area contributed by atoms with E-state index >= 15 is 0 Å². The Morgan fingerprint density at radius 2 is 1.02 bits per heavy atom. The summed E-state index contributed by atoms with van der Waals surface area (Å²) in [5, 5.41) is 23.2. The number of para-hydroxylation sites is 2. The molecule has 0 radical (unpaired) electrons. The van der Waals surface area contributed by atoms with E-state index in [2.05, 4.69) is 107 Å². The smallest absolute Gasteiger partial charge is 0.136 e. The molecule has 0 fully saturated rings. The van der Waals surface area contributed by atoms with E-state index in [0.717, 1.165) is 79.6 Å². The molecule has 0 atom stereocenters. The standard InChI is InChI=1S/C46H30N4O/c47-29-31-11-17-39(18-12-31)49(37-7-3-1-4-8-37)41-21-15-33-25-43-44-26-34-16-22-42(24-36(34)28-46(44)51-45(43)27-35(33)23-41)50(38-9-5-2-6-10-38)40-19-13-32(30-48)14-20-40/h1-15,17-21,23-28H,16,22H2. The molecule has 1 aliphatic rings. The molecule has 240 valence electrons. The highest BCUT2D eigenvalue weighted by Gasteiger charge is 2.21. The fourth-order valence-corrected chi connectivity index (χ4v) is 7.25. The lowest BCUT2D eigenvalue weighted by Crippen LogP contribution is -2.19. The lowest BCUT2D eigenvalue weighted by molar-refractivity contribution is 0.669. The van der Waals surface area contributed by atoms with E-state index < -0.39 is 0 Å². The van der Waals surface area contributed by atoms with Gasteiger partial charge in [-0.3, -0.25) is 0 Å². The molecule has 7 aromatic carbocycles. The minimum atomic E-state index is 0.630. The molecule has 1 aliphatic carbocycles. The Morgan fingerprint density at radius 3 is 1.67 bits per heavy atom. The second-order valence-electron chi connectivity index (χ2n) is 12.8. The first-order chi connectivity index (χ1) is 25.1. The second-order valence-corrected chi connectivity index (χ2v) is 12.8. The summed E-state index contributed by atoms with van der Waals surface area (Å²) in [5.41, 5.74) is 11.8. The van der Waals surface area contributed by atoms with Crippen molar-refractivity contribution < 1.29 is 4.42 Å². The normalized spacial score (nSPS) is 12.2. The number of anilines is 5. The highest BCUT2D eigenvalue weighted by atomic mass is 16.3. The molecule has 1 aromatic heterocycles. The Hall–Kier alpha value is -7.08. The van der Waals surface area contributed by atoms with Gasteiger partial charge in [-0.05, 0) is 150 Å². The molecule has 0 unspecified atom stereocenters. The third-order valence-corrected chi connectivity index (χ3v) is 9.73. The van der Waals surface area contributed by atoms with Gasteiger partial charge in [-0.15, -0.1) is 0 Å². The van der Waals surface area contributed by atoms with Gasteiger partial charge < -0.3 is 14.2 Å². The molecule has 8 aromatic rings. The van der Waals surface area contributed by atoms with Crippen molar-refractivity contribution in [2.24, 2.45) is 0 Å². The SMILES string of the molecule is N#Cc1ccc(N(C2=Cc3cc4oc5cc6cc(N(c7ccccc7)c7ccc(C#N)cc7)ccc6cc5c4cc3CC2)c2ccccc2)cc1. The van der Waals surface area contributed by atoms with Crippen LogP contribution in [0.2, 0.25) is 0 Å². The van der Waals surface area contributed by atoms with Crippen LogP contribution < -0.4 is 9.80 Å². The number of hydrogen-bond acceptors (Lipinski definition) is 5. The lowest BCUT2D eigenvalue weighted by Gasteiger charge is -2.30. The molecule has 0 saturated heterocycles. The minimum Gasteiger partial charge on any atom is -0.456 e. The Bertz CT molecular complexity index is 2700. The van der Waals surface area contributed by atoms with Gasteiger partial charge in [0, 0.05) is 44.9 Å². The van der Waals surface area contributed by atoms with Crippen LogP contribution in [-0.2, 0) is 6.42 Å². The summed E-state index contributed by atoms with van der Waals surface area (Å²) in [6.07, 6.45) is 4.07. The maximum absolute atomic E-state index is 9.38. The number of hydrogen-bond donors (Lipinski definition) is 0. The Labute approximate surface area is 295 Å². The van der Waals surface area contributed by atoms with E-state index in [4.69, 9.17) is 4.42 Å². The van der Waals surface area contributed by atoms with Crippen molar-refractivity contribution in [3.63, 3.8) is 0 Å². The Balaban J connectivity index is 1.12. The van der Waals surface area contributed by atoms with E-state index in [0.29, 0.717) is 11.1 Å². The summed E-state index contributed by atoms with van der Waals surface area (Å²) in [4.78, 5) is 4.49. The van der Waals surface area contributed by atoms with Crippen LogP contribution in [0.25, 0.3) is 38.8 Å². The maximum atomic E-state index is 9.38. The van der Waals surface area contributed by atoms with Crippen LogP contribution in [0.1, 0.15) is 28.7 Å². The summed E-state index contributed by atoms with van der Waals surface area (Å²) in [6.45, 7) is 0. The predicted molar refractivity (Wildman–Crippen MR) is 207 cm³/mol. The van der Waals surface area contributed by atoms with Crippen molar-refractivity contribution in [1.29, 1.82) is 10.5 Å². The number of aryl methyl sites for hydroxylation is 1. The van der Waals surface area contributed by atoms with Crippen LogP contribution in [0.4, 0.5) is 28.4 Å². The molecule has 0 aliphatic heterocycles. The molecule has 0 bridgehead atoms. The predicted octanol–water partition coefficient (Wildman–Crippen LogP) is 12.1. The molecule has 0 spiro atoms. The van der Waals surface area contributed by atoms with Crippen molar-refractivity contribution in [2.75, 3.05) is 9.80 Å². The second kappa shape index (κ2) is 12.4. The molecular weight excluding hydrogens is 625 g/mol. The molecule has 0 amide bonds. The molecule has 5 nitrogen and oxygen atoms in total. The molecule has 0 saturated carbocycles. The highest BCUT2D eigenvalue weighted by Crippen LogP contribution is 2.41. The van der Waals surface area contributed by atoms with Crippen LogP contribution in [0, 0.1) is 22.7 Å². The average Bonchev–Trinajstić information content (AvgIpc) is 3.53. The quantitative estimate of drug-likeness (QED) is 0.178. The number of fused-ring (bicyclic) bond motifs is 5. The number of allylic oxidation sites excluding steroid dienone is 1. The van der Waals surface area contributed by atoms with Crippen molar-refractivity contribution in [2.45, 2.75) is 12.8 Å². The van der Waals surface area contributed by atoms with Crippen LogP contribution in [0.5, 0.6) is 0 Å². The first kappa shape index (κ1) is 30.0. The maximum Gasteiger partial charge on any atom is 0.136 e. The topological polar surface area (TPSA) is 67.2 Å². The van der Waals surface area contributed by atoms with Crippen LogP contribution in [-0.4, -0.2) is 0 Å². The number of nitrogens with zero attached hydrogens (tertiary/aromatic N) is 4. The Morgan fingerprint density at radius 1 is 0.471 bits per heavy atom. The molecule has 1 heterocycles. The van der Waals surface area contributed by atoms with Crippen molar-refractivity contribution in [3.8, 4) is 12.1 Å². The lowest BCUT2D eigenvalue weighted by atomic mass is 9.92. The molecule has 0 N–H and O–H groups in total. The van der Waals surface area contributed by atoms with Gasteiger partial charge in [-0.25, -0.2) is 0 Å². The average molecular weight is 655 g/mol. The van der Waals surface area contributed by atoms with Crippen molar-refractivity contribution >= 4 is 67.2 Å². The summed E-state index contributed by atoms with van der Waals surface area (Å²) in [5.74, 6) is 0. The number of nitriles is 2. The first-order valence-electron chi connectivity index (χ1n) is 17.0. The summed E-state index contributed by atoms with van der Waals surface area (Å²) in [7, 11) is 0. The van der Waals surface area contributed by atoms with E-state index in [1.807, 2.05) is 72.8 Å². The fourth-order valence-electron chi connectivity index (χ4n) is 7.25. The van der Waals surface area contributed by atoms with E-state index in [9.17, 15) is 10.5 Å². The summed E-state index contributed by atoms with van der Waals surface area (Å²) in [6, 6.07) is 56.0. The Kier molecular flexibility index (Phi) is 7.31. The van der Waals surface area contributed by atoms with Crippen molar-refractivity contribution in [1.82, 2.24) is 0 Å². The van der Waals surface area contributed by atoms with Crippen molar-refractivity contribution in [3.05, 3.63) is 180 Å². The van der Waals surface area contributed by atoms with E-state index in [1.165, 1.54) is 11.3 Å². The number of furan rings is 1. The third kappa shape index (κ3) is 5.44. The van der Waals surface area contributed by atoms with Gasteiger partial charge in [0.15, 0.2) is 0 Å². The molecule has 5 heteroatoms. The van der Waals surface area contributed by atoms with Gasteiger partial charge in [-0.1, -0.05) is 42.5 Å². The first-order valence-corrected chi connectivity index (χ1v) is 17.0. The van der Waals surface area contributed by atoms with Crippen LogP contribution in [0.15, 0.2) is 162 Å². The molecule has 9 rings (SSSR count). The van der Waals surface area contributed by atoms with Gasteiger partial charge in [0.2, 0.25) is 0 Å². The molecular formula is C46H30N4O. The van der Waals surface area contributed by atoms with Gasteiger partial charge in [0.1, 0.15) is 11.2 Å². The summed E-state index contributed by atoms with van der Waals surface area (Å²) >= 11 is 0. The minimum absolute atomic E-state index is 0.630.